The van der Waals surface area contributed by atoms with Gasteiger partial charge in [0.2, 0.25) is 5.88 Å². The van der Waals surface area contributed by atoms with Crippen molar-refractivity contribution in [2.75, 3.05) is 13.2 Å². The molecule has 9 heteroatoms. The van der Waals surface area contributed by atoms with E-state index in [1.165, 1.54) is 12.3 Å². The molecule has 0 radical (unpaired) electrons. The van der Waals surface area contributed by atoms with Gasteiger partial charge in [-0.15, -0.1) is 10.2 Å². The third kappa shape index (κ3) is 4.34. The third-order valence-electron chi connectivity index (χ3n) is 6.22. The molecule has 2 aromatic heterocycles. The third-order valence-corrected chi connectivity index (χ3v) is 6.46. The van der Waals surface area contributed by atoms with Gasteiger partial charge in [-0.1, -0.05) is 11.6 Å². The van der Waals surface area contributed by atoms with Gasteiger partial charge in [-0.3, -0.25) is 9.47 Å². The first kappa shape index (κ1) is 21.3. The fraction of sp³-hybridized carbons (Fsp3) is 0.435. The fourth-order valence-corrected chi connectivity index (χ4v) is 4.87. The summed E-state index contributed by atoms with van der Waals surface area (Å²) in [5.41, 5.74) is 2.06. The van der Waals surface area contributed by atoms with E-state index < -0.39 is 6.67 Å². The summed E-state index contributed by atoms with van der Waals surface area (Å²) in [6.07, 6.45) is 4.73. The number of ether oxygens (including phenoxy) is 1. The van der Waals surface area contributed by atoms with Gasteiger partial charge in [0, 0.05) is 30.1 Å². The van der Waals surface area contributed by atoms with Gasteiger partial charge in [0.05, 0.1) is 18.4 Å². The Hall–Kier alpha value is -2.58. The maximum atomic E-state index is 13.1. The number of pyridine rings is 1. The highest BCUT2D eigenvalue weighted by atomic mass is 35.5. The lowest BCUT2D eigenvalue weighted by Crippen LogP contribution is -2.25. The molecule has 0 saturated heterocycles. The summed E-state index contributed by atoms with van der Waals surface area (Å²) in [5, 5.41) is 9.70. The summed E-state index contributed by atoms with van der Waals surface area (Å²) >= 11 is 6.26. The van der Waals surface area contributed by atoms with Crippen LogP contribution in [0.2, 0.25) is 5.02 Å². The van der Waals surface area contributed by atoms with E-state index in [-0.39, 0.29) is 17.8 Å². The molecule has 0 atom stereocenters. The SMILES string of the molecule is FCCN1Cc2cc(Cl)ccc2-n2c(nnc2[C@H]2CC[C@H](Oc3ccc(F)cn3)CC2)C1. The van der Waals surface area contributed by atoms with E-state index >= 15 is 0 Å². The lowest BCUT2D eigenvalue weighted by molar-refractivity contribution is 0.138. The van der Waals surface area contributed by atoms with Crippen molar-refractivity contribution in [2.45, 2.75) is 50.8 Å². The minimum absolute atomic E-state index is 0.0434. The van der Waals surface area contributed by atoms with Gasteiger partial charge >= 0.3 is 0 Å². The topological polar surface area (TPSA) is 56.1 Å². The maximum absolute atomic E-state index is 13.1. The summed E-state index contributed by atoms with van der Waals surface area (Å²) in [5.74, 6) is 2.08. The van der Waals surface area contributed by atoms with Crippen LogP contribution in [0, 0.1) is 5.82 Å². The first-order chi connectivity index (χ1) is 15.6. The van der Waals surface area contributed by atoms with Crippen LogP contribution in [0.4, 0.5) is 8.78 Å². The van der Waals surface area contributed by atoms with E-state index in [0.29, 0.717) is 30.5 Å². The Bertz CT molecular complexity index is 1080. The molecule has 0 spiro atoms. The van der Waals surface area contributed by atoms with Crippen LogP contribution in [0.1, 0.15) is 48.8 Å². The van der Waals surface area contributed by atoms with Crippen LogP contribution in [0.25, 0.3) is 5.69 Å². The van der Waals surface area contributed by atoms with E-state index in [9.17, 15) is 8.78 Å². The molecule has 1 aromatic carbocycles. The number of fused-ring (bicyclic) bond motifs is 3. The summed E-state index contributed by atoms with van der Waals surface area (Å²) in [6, 6.07) is 8.74. The summed E-state index contributed by atoms with van der Waals surface area (Å²) in [4.78, 5) is 6.03. The summed E-state index contributed by atoms with van der Waals surface area (Å²) in [7, 11) is 0. The zero-order valence-corrected chi connectivity index (χ0v) is 18.3. The molecule has 0 N–H and O–H groups in total. The molecule has 168 valence electrons. The Balaban J connectivity index is 1.37. The predicted octanol–water partition coefficient (Wildman–Crippen LogP) is 4.85. The van der Waals surface area contributed by atoms with Crippen LogP contribution in [0.15, 0.2) is 36.5 Å². The first-order valence-corrected chi connectivity index (χ1v) is 11.3. The van der Waals surface area contributed by atoms with Gasteiger partial charge in [-0.25, -0.2) is 13.8 Å². The van der Waals surface area contributed by atoms with Gasteiger partial charge < -0.3 is 4.74 Å². The van der Waals surface area contributed by atoms with Gasteiger partial charge in [-0.2, -0.15) is 0 Å². The average molecular weight is 460 g/mol. The Morgan fingerprint density at radius 1 is 1.06 bits per heavy atom. The number of hydrogen-bond donors (Lipinski definition) is 0. The quantitative estimate of drug-likeness (QED) is 0.546. The van der Waals surface area contributed by atoms with Gasteiger partial charge in [0.25, 0.3) is 0 Å². The Morgan fingerprint density at radius 3 is 2.66 bits per heavy atom. The van der Waals surface area contributed by atoms with Crippen LogP contribution < -0.4 is 4.74 Å². The molecule has 3 heterocycles. The molecular formula is C23H24ClF2N5O. The van der Waals surface area contributed by atoms with Crippen molar-refractivity contribution in [3.8, 4) is 11.6 Å². The van der Waals surface area contributed by atoms with Crippen molar-refractivity contribution in [3.63, 3.8) is 0 Å². The maximum Gasteiger partial charge on any atom is 0.213 e. The van der Waals surface area contributed by atoms with Gasteiger partial charge in [0.1, 0.15) is 24.4 Å². The Kier molecular flexibility index (Phi) is 6.06. The van der Waals surface area contributed by atoms with Crippen molar-refractivity contribution in [1.82, 2.24) is 24.6 Å². The molecule has 0 bridgehead atoms. The van der Waals surface area contributed by atoms with Crippen molar-refractivity contribution in [2.24, 2.45) is 0 Å². The van der Waals surface area contributed by atoms with E-state index in [0.717, 1.165) is 48.6 Å². The first-order valence-electron chi connectivity index (χ1n) is 10.9. The van der Waals surface area contributed by atoms with Crippen LogP contribution in [0.5, 0.6) is 5.88 Å². The van der Waals surface area contributed by atoms with Crippen LogP contribution in [-0.4, -0.2) is 44.0 Å². The number of halogens is 3. The molecular weight excluding hydrogens is 436 g/mol. The predicted molar refractivity (Wildman–Crippen MR) is 116 cm³/mol. The average Bonchev–Trinajstić information content (AvgIpc) is 3.13. The minimum Gasteiger partial charge on any atom is -0.474 e. The molecule has 5 rings (SSSR count). The largest absolute Gasteiger partial charge is 0.474 e. The molecule has 0 unspecified atom stereocenters. The van der Waals surface area contributed by atoms with Crippen LogP contribution >= 0.6 is 11.6 Å². The second kappa shape index (κ2) is 9.11. The molecule has 2 aliphatic rings. The highest BCUT2D eigenvalue weighted by Crippen LogP contribution is 2.37. The number of alkyl halides is 1. The molecule has 1 aliphatic carbocycles. The highest BCUT2D eigenvalue weighted by molar-refractivity contribution is 6.30. The Morgan fingerprint density at radius 2 is 1.91 bits per heavy atom. The van der Waals surface area contributed by atoms with Crippen molar-refractivity contribution >= 4 is 11.6 Å². The second-order valence-electron chi connectivity index (χ2n) is 8.39. The molecule has 0 amide bonds. The number of aromatic nitrogens is 4. The molecule has 1 fully saturated rings. The van der Waals surface area contributed by atoms with Crippen molar-refractivity contribution < 1.29 is 13.5 Å². The molecule has 32 heavy (non-hydrogen) atoms. The fourth-order valence-electron chi connectivity index (χ4n) is 4.67. The zero-order valence-electron chi connectivity index (χ0n) is 17.6. The number of rotatable bonds is 5. The van der Waals surface area contributed by atoms with E-state index in [1.807, 2.05) is 23.1 Å². The molecule has 1 saturated carbocycles. The molecule has 1 aliphatic heterocycles. The number of hydrogen-bond acceptors (Lipinski definition) is 5. The van der Waals surface area contributed by atoms with E-state index in [1.54, 1.807) is 6.07 Å². The van der Waals surface area contributed by atoms with Crippen molar-refractivity contribution in [1.29, 1.82) is 0 Å². The standard InChI is InChI=1S/C23H24ClF2N5O/c24-17-3-7-20-16(11-17)13-30(10-9-25)14-21-28-29-23(31(20)21)15-1-5-19(6-2-15)32-22-8-4-18(26)12-27-22/h3-4,7-8,11-12,15,19H,1-2,5-6,9-10,13-14H2/t15-,19-. The summed E-state index contributed by atoms with van der Waals surface area (Å²) in [6.45, 7) is 1.09. The Labute approximate surface area is 190 Å². The highest BCUT2D eigenvalue weighted by Gasteiger charge is 2.31. The van der Waals surface area contributed by atoms with Gasteiger partial charge in [-0.05, 0) is 55.5 Å². The smallest absolute Gasteiger partial charge is 0.213 e. The monoisotopic (exact) mass is 459 g/mol. The van der Waals surface area contributed by atoms with Crippen LogP contribution in [0.3, 0.4) is 0 Å². The molecule has 6 nitrogen and oxygen atoms in total. The number of benzene rings is 1. The van der Waals surface area contributed by atoms with Crippen LogP contribution in [-0.2, 0) is 13.1 Å². The minimum atomic E-state index is -0.413. The second-order valence-corrected chi connectivity index (χ2v) is 8.83. The van der Waals surface area contributed by atoms with E-state index in [4.69, 9.17) is 16.3 Å². The van der Waals surface area contributed by atoms with Crippen molar-refractivity contribution in [3.05, 3.63) is 64.6 Å². The zero-order chi connectivity index (χ0) is 22.1. The normalized spacial score (nSPS) is 21.0. The number of nitrogens with zero attached hydrogens (tertiary/aromatic N) is 5. The summed E-state index contributed by atoms with van der Waals surface area (Å²) < 4.78 is 34.3. The lowest BCUT2D eigenvalue weighted by Gasteiger charge is -2.28. The molecule has 3 aromatic rings. The van der Waals surface area contributed by atoms with E-state index in [2.05, 4.69) is 19.7 Å². The van der Waals surface area contributed by atoms with Gasteiger partial charge in [0.15, 0.2) is 5.82 Å². The lowest BCUT2D eigenvalue weighted by atomic mass is 9.86.